The summed E-state index contributed by atoms with van der Waals surface area (Å²) in [6.45, 7) is 2.70. The Morgan fingerprint density at radius 2 is 2.07 bits per heavy atom. The second-order valence-corrected chi connectivity index (χ2v) is 7.99. The first-order valence-electron chi connectivity index (χ1n) is 8.46. The van der Waals surface area contributed by atoms with Gasteiger partial charge in [0.05, 0.1) is 12.0 Å². The van der Waals surface area contributed by atoms with Crippen molar-refractivity contribution in [2.24, 2.45) is 5.10 Å². The van der Waals surface area contributed by atoms with Crippen LogP contribution in [0.15, 0.2) is 63.3 Å². The number of nitrogens with zero attached hydrogens (tertiary/aromatic N) is 4. The van der Waals surface area contributed by atoms with Gasteiger partial charge in [-0.25, -0.2) is 5.43 Å². The van der Waals surface area contributed by atoms with Crippen LogP contribution in [0, 0.1) is 0 Å². The third-order valence-electron chi connectivity index (χ3n) is 3.72. The molecule has 3 aromatic rings. The Hall–Kier alpha value is -2.16. The van der Waals surface area contributed by atoms with Crippen LogP contribution < -0.4 is 5.43 Å². The molecule has 0 atom stereocenters. The largest absolute Gasteiger partial charge is 0.302 e. The highest BCUT2D eigenvalue weighted by Gasteiger charge is 2.14. The molecule has 0 aliphatic rings. The van der Waals surface area contributed by atoms with Gasteiger partial charge in [0, 0.05) is 21.6 Å². The Balaban J connectivity index is 1.59. The monoisotopic (exact) mass is 477 g/mol. The lowest BCUT2D eigenvalue weighted by Crippen LogP contribution is -2.20. The molecule has 9 heteroatoms. The molecular formula is C19H17BrClN5OS. The number of benzene rings is 2. The van der Waals surface area contributed by atoms with Crippen LogP contribution in [0.3, 0.4) is 0 Å². The summed E-state index contributed by atoms with van der Waals surface area (Å²) in [7, 11) is 0. The van der Waals surface area contributed by atoms with Crippen LogP contribution >= 0.6 is 39.3 Å². The van der Waals surface area contributed by atoms with Gasteiger partial charge in [-0.1, -0.05) is 51.4 Å². The number of halogens is 2. The predicted octanol–water partition coefficient (Wildman–Crippen LogP) is 4.62. The minimum Gasteiger partial charge on any atom is -0.302 e. The first-order valence-corrected chi connectivity index (χ1v) is 10.6. The number of aromatic nitrogens is 3. The molecule has 0 spiro atoms. The van der Waals surface area contributed by atoms with Crippen molar-refractivity contribution in [1.29, 1.82) is 0 Å². The first-order chi connectivity index (χ1) is 13.6. The van der Waals surface area contributed by atoms with Crippen molar-refractivity contribution >= 4 is 51.4 Å². The molecule has 0 saturated carbocycles. The van der Waals surface area contributed by atoms with Gasteiger partial charge in [-0.15, -0.1) is 10.2 Å². The van der Waals surface area contributed by atoms with Gasteiger partial charge in [-0.2, -0.15) is 5.10 Å². The van der Waals surface area contributed by atoms with Gasteiger partial charge in [0.25, 0.3) is 5.91 Å². The SMILES string of the molecule is CCn1c(SCC(=O)N/N=C/c2cccc(Br)c2)nnc1-c1ccc(Cl)cc1. The third-order valence-corrected chi connectivity index (χ3v) is 5.43. The highest BCUT2D eigenvalue weighted by Crippen LogP contribution is 2.25. The Morgan fingerprint density at radius 1 is 1.29 bits per heavy atom. The van der Waals surface area contributed by atoms with Crippen LogP contribution in [0.5, 0.6) is 0 Å². The number of nitrogens with one attached hydrogen (secondary N) is 1. The molecule has 6 nitrogen and oxygen atoms in total. The maximum atomic E-state index is 12.1. The maximum absolute atomic E-state index is 12.1. The highest BCUT2D eigenvalue weighted by molar-refractivity contribution is 9.10. The summed E-state index contributed by atoms with van der Waals surface area (Å²) in [5.41, 5.74) is 4.34. The number of hydrogen-bond acceptors (Lipinski definition) is 5. The van der Waals surface area contributed by atoms with E-state index in [2.05, 4.69) is 36.7 Å². The molecule has 3 rings (SSSR count). The lowest BCUT2D eigenvalue weighted by atomic mass is 10.2. The number of carbonyl (C=O) groups is 1. The fourth-order valence-electron chi connectivity index (χ4n) is 2.42. The quantitative estimate of drug-likeness (QED) is 0.305. The van der Waals surface area contributed by atoms with Crippen molar-refractivity contribution in [2.45, 2.75) is 18.6 Å². The fraction of sp³-hybridized carbons (Fsp3) is 0.158. The summed E-state index contributed by atoms with van der Waals surface area (Å²) >= 11 is 10.7. The van der Waals surface area contributed by atoms with Gasteiger partial charge in [0.1, 0.15) is 0 Å². The van der Waals surface area contributed by atoms with Crippen LogP contribution in [-0.2, 0) is 11.3 Å². The highest BCUT2D eigenvalue weighted by atomic mass is 79.9. The molecule has 0 fully saturated rings. The van der Waals surface area contributed by atoms with Crippen molar-refractivity contribution in [3.8, 4) is 11.4 Å². The van der Waals surface area contributed by atoms with Gasteiger partial charge in [-0.05, 0) is 48.9 Å². The normalized spacial score (nSPS) is 11.1. The molecule has 0 aliphatic heterocycles. The molecule has 1 aromatic heterocycles. The summed E-state index contributed by atoms with van der Waals surface area (Å²) in [5.74, 6) is 0.721. The second kappa shape index (κ2) is 9.86. The predicted molar refractivity (Wildman–Crippen MR) is 117 cm³/mol. The van der Waals surface area contributed by atoms with E-state index in [9.17, 15) is 4.79 Å². The van der Waals surface area contributed by atoms with E-state index in [1.165, 1.54) is 11.8 Å². The smallest absolute Gasteiger partial charge is 0.250 e. The van der Waals surface area contributed by atoms with Crippen molar-refractivity contribution in [2.75, 3.05) is 5.75 Å². The van der Waals surface area contributed by atoms with Gasteiger partial charge >= 0.3 is 0 Å². The van der Waals surface area contributed by atoms with Crippen molar-refractivity contribution in [3.05, 3.63) is 63.6 Å². The summed E-state index contributed by atoms with van der Waals surface area (Å²) < 4.78 is 2.92. The number of amides is 1. The molecule has 1 N–H and O–H groups in total. The first kappa shape index (κ1) is 20.6. The molecule has 1 amide bonds. The standard InChI is InChI=1S/C19H17BrClN5OS/c1-2-26-18(14-6-8-16(21)9-7-14)24-25-19(26)28-12-17(27)23-22-11-13-4-3-5-15(20)10-13/h3-11H,2,12H2,1H3,(H,23,27)/b22-11+. The topological polar surface area (TPSA) is 72.2 Å². The Morgan fingerprint density at radius 3 is 2.79 bits per heavy atom. The van der Waals surface area contributed by atoms with E-state index in [-0.39, 0.29) is 11.7 Å². The minimum absolute atomic E-state index is 0.189. The third kappa shape index (κ3) is 5.43. The molecule has 144 valence electrons. The van der Waals surface area contributed by atoms with Gasteiger partial charge < -0.3 is 4.57 Å². The zero-order valence-electron chi connectivity index (χ0n) is 15.0. The average molecular weight is 479 g/mol. The molecule has 28 heavy (non-hydrogen) atoms. The maximum Gasteiger partial charge on any atom is 0.250 e. The van der Waals surface area contributed by atoms with Crippen LogP contribution in [0.4, 0.5) is 0 Å². The molecule has 0 aliphatic carbocycles. The van der Waals surface area contributed by atoms with E-state index in [1.807, 2.05) is 60.0 Å². The summed E-state index contributed by atoms with van der Waals surface area (Å²) in [4.78, 5) is 12.1. The van der Waals surface area contributed by atoms with E-state index in [0.717, 1.165) is 21.4 Å². The van der Waals surface area contributed by atoms with E-state index in [0.29, 0.717) is 16.7 Å². The lowest BCUT2D eigenvalue weighted by Gasteiger charge is -2.07. The van der Waals surface area contributed by atoms with Crippen LogP contribution in [0.25, 0.3) is 11.4 Å². The Bertz CT molecular complexity index is 990. The molecular weight excluding hydrogens is 462 g/mol. The van der Waals surface area contributed by atoms with E-state index >= 15 is 0 Å². The van der Waals surface area contributed by atoms with E-state index in [1.54, 1.807) is 6.21 Å². The van der Waals surface area contributed by atoms with Crippen molar-refractivity contribution < 1.29 is 4.79 Å². The number of carbonyl (C=O) groups excluding carboxylic acids is 1. The van der Waals surface area contributed by atoms with Gasteiger partial charge in [-0.3, -0.25) is 4.79 Å². The van der Waals surface area contributed by atoms with E-state index in [4.69, 9.17) is 11.6 Å². The van der Waals surface area contributed by atoms with E-state index < -0.39 is 0 Å². The summed E-state index contributed by atoms with van der Waals surface area (Å²) in [6.07, 6.45) is 1.60. The van der Waals surface area contributed by atoms with Gasteiger partial charge in [0.2, 0.25) is 0 Å². The van der Waals surface area contributed by atoms with Crippen LogP contribution in [0.2, 0.25) is 5.02 Å². The fourth-order valence-corrected chi connectivity index (χ4v) is 3.76. The molecule has 0 saturated heterocycles. The number of thioether (sulfide) groups is 1. The lowest BCUT2D eigenvalue weighted by molar-refractivity contribution is -0.118. The molecule has 1 heterocycles. The molecule has 0 unspecified atom stereocenters. The minimum atomic E-state index is -0.213. The summed E-state index contributed by atoms with van der Waals surface area (Å²) in [5, 5.41) is 13.8. The van der Waals surface area contributed by atoms with Crippen molar-refractivity contribution in [3.63, 3.8) is 0 Å². The zero-order valence-corrected chi connectivity index (χ0v) is 18.1. The number of rotatable bonds is 7. The number of hydrogen-bond donors (Lipinski definition) is 1. The van der Waals surface area contributed by atoms with Crippen molar-refractivity contribution in [1.82, 2.24) is 20.2 Å². The Kier molecular flexibility index (Phi) is 7.24. The Labute approximate surface area is 180 Å². The molecule has 0 bridgehead atoms. The molecule has 2 aromatic carbocycles. The second-order valence-electron chi connectivity index (χ2n) is 5.69. The zero-order chi connectivity index (χ0) is 19.9. The average Bonchev–Trinajstić information content (AvgIpc) is 3.10. The number of hydrazone groups is 1. The van der Waals surface area contributed by atoms with Gasteiger partial charge in [0.15, 0.2) is 11.0 Å². The van der Waals surface area contributed by atoms with Crippen LogP contribution in [0.1, 0.15) is 12.5 Å². The summed E-state index contributed by atoms with van der Waals surface area (Å²) in [6, 6.07) is 15.1. The molecule has 0 radical (unpaired) electrons. The van der Waals surface area contributed by atoms with Crippen LogP contribution in [-0.4, -0.2) is 32.6 Å².